The minimum Gasteiger partial charge on any atom is -0.462 e. The first-order chi connectivity index (χ1) is 23.5. The SMILES string of the molecule is CC(Br)c1ccc(Cl)cc1.CCOC(=O)C1=C(C)Cc2ccccc21.CCOC(=O)c1c(C)n(C(C)c2ccc(Cl)cc2)c2ccccc12. The largest absolute Gasteiger partial charge is 0.462 e. The summed E-state index contributed by atoms with van der Waals surface area (Å²) in [5, 5.41) is 2.43. The molecule has 8 heteroatoms. The number of hydrogen-bond donors (Lipinski definition) is 0. The van der Waals surface area contributed by atoms with E-state index >= 15 is 0 Å². The van der Waals surface area contributed by atoms with Crippen LogP contribution in [-0.4, -0.2) is 29.7 Å². The van der Waals surface area contributed by atoms with Crippen LogP contribution in [0.15, 0.2) is 103 Å². The van der Waals surface area contributed by atoms with E-state index in [1.807, 2.05) is 119 Å². The van der Waals surface area contributed by atoms with Gasteiger partial charge in [-0.05, 0) is 101 Å². The number of rotatable bonds is 7. The summed E-state index contributed by atoms with van der Waals surface area (Å²) in [6, 6.07) is 31.7. The highest BCUT2D eigenvalue weighted by Crippen LogP contribution is 2.34. The van der Waals surface area contributed by atoms with E-state index in [0.29, 0.717) is 28.6 Å². The van der Waals surface area contributed by atoms with E-state index in [2.05, 4.69) is 40.4 Å². The number of esters is 2. The van der Waals surface area contributed by atoms with Crippen LogP contribution in [-0.2, 0) is 20.7 Å². The number of nitrogens with zero attached hydrogens (tertiary/aromatic N) is 1. The molecule has 1 heterocycles. The summed E-state index contributed by atoms with van der Waals surface area (Å²) >= 11 is 15.2. The third-order valence-corrected chi connectivity index (χ3v) is 9.39. The third-order valence-electron chi connectivity index (χ3n) is 8.35. The van der Waals surface area contributed by atoms with Crippen molar-refractivity contribution in [3.05, 3.63) is 146 Å². The highest BCUT2D eigenvalue weighted by Gasteiger charge is 2.25. The Morgan fingerprint density at radius 3 is 1.88 bits per heavy atom. The summed E-state index contributed by atoms with van der Waals surface area (Å²) < 4.78 is 12.5. The molecule has 0 saturated carbocycles. The number of ether oxygens (including phenoxy) is 2. The average molecular weight is 764 g/mol. The lowest BCUT2D eigenvalue weighted by Gasteiger charge is -2.18. The maximum absolute atomic E-state index is 12.4. The molecule has 2 unspecified atom stereocenters. The molecule has 0 saturated heterocycles. The van der Waals surface area contributed by atoms with Gasteiger partial charge in [-0.25, -0.2) is 9.59 Å². The van der Waals surface area contributed by atoms with E-state index < -0.39 is 0 Å². The Labute approximate surface area is 308 Å². The van der Waals surface area contributed by atoms with Crippen molar-refractivity contribution in [2.75, 3.05) is 13.2 Å². The van der Waals surface area contributed by atoms with Gasteiger partial charge < -0.3 is 14.0 Å². The van der Waals surface area contributed by atoms with Crippen molar-refractivity contribution in [2.45, 2.75) is 58.8 Å². The van der Waals surface area contributed by atoms with Gasteiger partial charge >= 0.3 is 11.9 Å². The first kappa shape index (κ1) is 38.0. The molecule has 0 radical (unpaired) electrons. The molecule has 49 heavy (non-hydrogen) atoms. The number of aromatic nitrogens is 1. The second-order valence-electron chi connectivity index (χ2n) is 11.7. The van der Waals surface area contributed by atoms with Crippen molar-refractivity contribution in [1.29, 1.82) is 0 Å². The van der Waals surface area contributed by atoms with E-state index in [1.54, 1.807) is 0 Å². The van der Waals surface area contributed by atoms with E-state index in [1.165, 1.54) is 11.1 Å². The molecule has 256 valence electrons. The molecule has 5 nitrogen and oxygen atoms in total. The zero-order valence-electron chi connectivity index (χ0n) is 28.7. The molecular formula is C41H42BrCl2NO4. The molecule has 0 amide bonds. The summed E-state index contributed by atoms with van der Waals surface area (Å²) in [7, 11) is 0. The van der Waals surface area contributed by atoms with Gasteiger partial charge in [-0.15, -0.1) is 0 Å². The number of para-hydroxylation sites is 1. The maximum Gasteiger partial charge on any atom is 0.340 e. The van der Waals surface area contributed by atoms with Gasteiger partial charge in [0.15, 0.2) is 0 Å². The van der Waals surface area contributed by atoms with Crippen LogP contribution in [0.3, 0.4) is 0 Å². The molecule has 0 aliphatic heterocycles. The molecule has 2 atom stereocenters. The van der Waals surface area contributed by atoms with Crippen molar-refractivity contribution in [1.82, 2.24) is 4.57 Å². The van der Waals surface area contributed by atoms with Gasteiger partial charge in [0.1, 0.15) is 0 Å². The molecular weight excluding hydrogens is 721 g/mol. The van der Waals surface area contributed by atoms with Crippen LogP contribution in [0, 0.1) is 6.92 Å². The zero-order valence-corrected chi connectivity index (χ0v) is 31.8. The maximum atomic E-state index is 12.4. The monoisotopic (exact) mass is 761 g/mol. The van der Waals surface area contributed by atoms with Crippen molar-refractivity contribution >= 4 is 67.5 Å². The molecule has 1 aliphatic rings. The molecule has 1 aliphatic carbocycles. The van der Waals surface area contributed by atoms with Gasteiger partial charge in [0, 0.05) is 31.5 Å². The molecule has 0 fully saturated rings. The minimum absolute atomic E-state index is 0.0790. The Balaban J connectivity index is 0.000000184. The van der Waals surface area contributed by atoms with Gasteiger partial charge in [0.25, 0.3) is 0 Å². The third kappa shape index (κ3) is 9.24. The first-order valence-corrected chi connectivity index (χ1v) is 18.0. The summed E-state index contributed by atoms with van der Waals surface area (Å²) in [6.45, 7) is 12.6. The number of alkyl halides is 1. The Morgan fingerprint density at radius 2 is 1.29 bits per heavy atom. The van der Waals surface area contributed by atoms with Gasteiger partial charge in [-0.2, -0.15) is 0 Å². The second kappa shape index (κ2) is 17.7. The lowest BCUT2D eigenvalue weighted by Crippen LogP contribution is -2.11. The van der Waals surface area contributed by atoms with E-state index in [-0.39, 0.29) is 18.0 Å². The smallest absolute Gasteiger partial charge is 0.340 e. The molecule has 5 aromatic rings. The Bertz CT molecular complexity index is 1930. The van der Waals surface area contributed by atoms with Crippen LogP contribution in [0.1, 0.15) is 83.8 Å². The topological polar surface area (TPSA) is 57.5 Å². The average Bonchev–Trinajstić information content (AvgIpc) is 3.58. The molecule has 0 spiro atoms. The summed E-state index contributed by atoms with van der Waals surface area (Å²) in [5.74, 6) is -0.465. The highest BCUT2D eigenvalue weighted by molar-refractivity contribution is 9.09. The van der Waals surface area contributed by atoms with Gasteiger partial charge in [-0.3, -0.25) is 0 Å². The summed E-state index contributed by atoms with van der Waals surface area (Å²) in [4.78, 5) is 24.6. The molecule has 4 aromatic carbocycles. The van der Waals surface area contributed by atoms with Crippen molar-refractivity contribution < 1.29 is 19.1 Å². The number of fused-ring (bicyclic) bond motifs is 2. The van der Waals surface area contributed by atoms with Gasteiger partial charge in [0.2, 0.25) is 0 Å². The number of benzene rings is 4. The quantitative estimate of drug-likeness (QED) is 0.122. The van der Waals surface area contributed by atoms with E-state index in [4.69, 9.17) is 32.7 Å². The Morgan fingerprint density at radius 1 is 0.755 bits per heavy atom. The van der Waals surface area contributed by atoms with Crippen molar-refractivity contribution in [3.8, 4) is 0 Å². The van der Waals surface area contributed by atoms with Crippen LogP contribution >= 0.6 is 39.1 Å². The molecule has 1 aromatic heterocycles. The van der Waals surface area contributed by atoms with Crippen LogP contribution in [0.2, 0.25) is 10.0 Å². The van der Waals surface area contributed by atoms with Crippen molar-refractivity contribution in [2.24, 2.45) is 0 Å². The van der Waals surface area contributed by atoms with Crippen molar-refractivity contribution in [3.63, 3.8) is 0 Å². The highest BCUT2D eigenvalue weighted by atomic mass is 79.9. The molecule has 0 bridgehead atoms. The predicted molar refractivity (Wildman–Crippen MR) is 206 cm³/mol. The summed E-state index contributed by atoms with van der Waals surface area (Å²) in [6.07, 6.45) is 0.865. The van der Waals surface area contributed by atoms with Gasteiger partial charge in [-0.1, -0.05) is 111 Å². The number of allylic oxidation sites excluding steroid dienone is 1. The van der Waals surface area contributed by atoms with Crippen LogP contribution in [0.4, 0.5) is 0 Å². The first-order valence-electron chi connectivity index (χ1n) is 16.3. The standard InChI is InChI=1S/C20H20ClNO2.C13H14O2.C8H8BrCl/c1-4-24-20(23)19-14(3)22(18-8-6-5-7-17(18)19)13(2)15-9-11-16(21)12-10-15;1-3-15-13(14)12-9(2)8-10-6-4-5-7-11(10)12;1-6(9)7-2-4-8(10)5-3-7/h5-13H,4H2,1-3H3;4-7H,3,8H2,1-2H3;2-6H,1H3. The lowest BCUT2D eigenvalue weighted by atomic mass is 10.1. The van der Waals surface area contributed by atoms with Crippen LogP contribution in [0.5, 0.6) is 0 Å². The van der Waals surface area contributed by atoms with Crippen LogP contribution < -0.4 is 0 Å². The summed E-state index contributed by atoms with van der Waals surface area (Å²) in [5.41, 5.74) is 9.10. The normalized spacial score (nSPS) is 13.0. The number of carbonyl (C=O) groups is 2. The number of halogens is 3. The predicted octanol–water partition coefficient (Wildman–Crippen LogP) is 11.8. The van der Waals surface area contributed by atoms with E-state index in [9.17, 15) is 9.59 Å². The van der Waals surface area contributed by atoms with Crippen LogP contribution in [0.25, 0.3) is 16.5 Å². The fourth-order valence-corrected chi connectivity index (χ4v) is 6.54. The number of carbonyl (C=O) groups excluding carboxylic acids is 2. The molecule has 6 rings (SSSR count). The minimum atomic E-state index is -0.270. The second-order valence-corrected chi connectivity index (χ2v) is 13.9. The Kier molecular flexibility index (Phi) is 13.7. The lowest BCUT2D eigenvalue weighted by molar-refractivity contribution is -0.136. The van der Waals surface area contributed by atoms with Gasteiger partial charge in [0.05, 0.1) is 30.4 Å². The Hall–Kier alpha value is -3.84. The fraction of sp³-hybridized carbons (Fsp3) is 0.268. The zero-order chi connectivity index (χ0) is 35.7. The fourth-order valence-electron chi connectivity index (χ4n) is 5.98. The van der Waals surface area contributed by atoms with E-state index in [0.717, 1.165) is 50.3 Å². The number of hydrogen-bond acceptors (Lipinski definition) is 4. The molecule has 0 N–H and O–H groups in total.